The van der Waals surface area contributed by atoms with Crippen molar-refractivity contribution < 1.29 is 52.2 Å². The molecule has 0 radical (unpaired) electrons. The molecule has 0 aromatic heterocycles. The van der Waals surface area contributed by atoms with Gasteiger partial charge in [-0.05, 0) is 128 Å². The fourth-order valence-electron chi connectivity index (χ4n) is 7.80. The van der Waals surface area contributed by atoms with Crippen LogP contribution in [0.4, 0.5) is 0 Å². The molecule has 82 heavy (non-hydrogen) atoms. The summed E-state index contributed by atoms with van der Waals surface area (Å²) in [6.07, 6.45) is 82.0. The Labute approximate surface area is 498 Å². The van der Waals surface area contributed by atoms with Crippen LogP contribution in [0.1, 0.15) is 226 Å². The van der Waals surface area contributed by atoms with Gasteiger partial charge in [0.2, 0.25) is 0 Å². The lowest BCUT2D eigenvalue weighted by atomic mass is 10.1. The molecule has 0 spiro atoms. The van der Waals surface area contributed by atoms with Gasteiger partial charge in [0.05, 0.1) is 19.8 Å². The van der Waals surface area contributed by atoms with Crippen LogP contribution in [0, 0.1) is 0 Å². The second-order valence-corrected chi connectivity index (χ2v) is 21.5. The molecule has 0 aromatic rings. The van der Waals surface area contributed by atoms with Gasteiger partial charge in [-0.15, -0.1) is 0 Å². The number of hydrogen-bond donors (Lipinski definition) is 2. The van der Waals surface area contributed by atoms with Crippen LogP contribution in [-0.4, -0.2) is 66.5 Å². The fraction of sp³-hybridized carbons (Fsp3) is 0.586. The summed E-state index contributed by atoms with van der Waals surface area (Å²) in [5.41, 5.74) is 0. The zero-order valence-electron chi connectivity index (χ0n) is 51.1. The Morgan fingerprint density at radius 2 is 0.622 bits per heavy atom. The average Bonchev–Trinajstić information content (AvgIpc) is 3.47. The Morgan fingerprint density at radius 1 is 0.341 bits per heavy atom. The number of allylic oxidation sites excluding steroid dienone is 26. The molecule has 2 N–H and O–H groups in total. The minimum absolute atomic E-state index is 0.0884. The molecule has 0 heterocycles. The number of carbonyl (C=O) groups is 3. The van der Waals surface area contributed by atoms with Crippen molar-refractivity contribution in [2.45, 2.75) is 238 Å². The SMILES string of the molecule is CC/C=C\C/C=C\C/C=C\C/C=C\C/C=C\C/C=C\CCC(=O)OCC(COP(=O)(O)OCC(CO)OC(=O)CCCCCCCCC/C=C\C/C=C\C/C=C\CC)OC(=O)CCCCCCCC/C=C\C/C=C\C/C=C\C/C=C\CC. The molecule has 0 saturated heterocycles. The molecule has 12 heteroatoms. The van der Waals surface area contributed by atoms with Crippen LogP contribution in [0.5, 0.6) is 0 Å². The standard InChI is InChI=1S/C70H111O11P/c1-4-7-10-13-16-19-22-25-28-31-33-36-38-41-44-47-50-53-56-59-68(72)77-63-67(81-70(74)61-58-55-52-49-46-43-40-37-34-32-29-26-23-20-17-14-11-8-5-2)65-79-82(75,76)78-64-66(62-71)80-69(73)60-57-54-51-48-45-42-39-35-30-27-24-21-18-15-12-9-6-3/h7-12,16-21,25-30,33-34,36-37,41,44,50,53,66-67,71H,4-6,13-15,22-24,31-32,35,38-40,42-43,45-49,51-52,54-65H2,1-3H3,(H,75,76)/b10-7-,11-8-,12-9-,19-16-,20-17-,21-18-,28-25-,29-26-,30-27-,36-33-,37-34-,44-41-,53-50-. The number of rotatable bonds is 56. The van der Waals surface area contributed by atoms with Crippen molar-refractivity contribution >= 4 is 25.7 Å². The summed E-state index contributed by atoms with van der Waals surface area (Å²) in [6, 6.07) is 0. The molecule has 0 aliphatic carbocycles. The summed E-state index contributed by atoms with van der Waals surface area (Å²) in [6.45, 7) is 4.19. The van der Waals surface area contributed by atoms with E-state index in [9.17, 15) is 28.9 Å². The highest BCUT2D eigenvalue weighted by Gasteiger charge is 2.28. The van der Waals surface area contributed by atoms with E-state index in [1.165, 1.54) is 6.42 Å². The molecule has 0 saturated carbocycles. The first-order valence-corrected chi connectivity index (χ1v) is 32.9. The lowest BCUT2D eigenvalue weighted by Gasteiger charge is -2.21. The normalized spacial score (nSPS) is 14.4. The monoisotopic (exact) mass is 1160 g/mol. The van der Waals surface area contributed by atoms with Crippen molar-refractivity contribution in [3.05, 3.63) is 158 Å². The Morgan fingerprint density at radius 3 is 0.963 bits per heavy atom. The summed E-state index contributed by atoms with van der Waals surface area (Å²) < 4.78 is 39.6. The first-order chi connectivity index (χ1) is 40.2. The van der Waals surface area contributed by atoms with Crippen molar-refractivity contribution in [1.82, 2.24) is 0 Å². The average molecular weight is 1160 g/mol. The molecule has 3 atom stereocenters. The molecule has 0 amide bonds. The zero-order valence-corrected chi connectivity index (χ0v) is 52.0. The number of phosphoric ester groups is 1. The van der Waals surface area contributed by atoms with Gasteiger partial charge in [-0.25, -0.2) is 4.57 Å². The molecule has 462 valence electrons. The van der Waals surface area contributed by atoms with E-state index in [1.54, 1.807) is 0 Å². The third-order valence-corrected chi connectivity index (χ3v) is 13.4. The topological polar surface area (TPSA) is 155 Å². The molecule has 11 nitrogen and oxygen atoms in total. The van der Waals surface area contributed by atoms with Crippen molar-refractivity contribution in [3.8, 4) is 0 Å². The van der Waals surface area contributed by atoms with Gasteiger partial charge in [0, 0.05) is 19.3 Å². The molecule has 3 unspecified atom stereocenters. The van der Waals surface area contributed by atoms with Gasteiger partial charge in [-0.1, -0.05) is 237 Å². The van der Waals surface area contributed by atoms with E-state index in [0.29, 0.717) is 19.3 Å². The summed E-state index contributed by atoms with van der Waals surface area (Å²) in [5, 5.41) is 9.85. The maximum Gasteiger partial charge on any atom is 0.472 e. The summed E-state index contributed by atoms with van der Waals surface area (Å²) in [7, 11) is -4.79. The van der Waals surface area contributed by atoms with Crippen molar-refractivity contribution in [2.75, 3.05) is 26.4 Å². The summed E-state index contributed by atoms with van der Waals surface area (Å²) in [4.78, 5) is 48.7. The number of ether oxygens (including phenoxy) is 3. The number of phosphoric acid groups is 1. The minimum atomic E-state index is -4.79. The van der Waals surface area contributed by atoms with Crippen LogP contribution < -0.4 is 0 Å². The predicted molar refractivity (Wildman–Crippen MR) is 343 cm³/mol. The van der Waals surface area contributed by atoms with E-state index in [1.807, 2.05) is 12.2 Å². The van der Waals surface area contributed by atoms with Gasteiger partial charge in [0.25, 0.3) is 0 Å². The van der Waals surface area contributed by atoms with Crippen LogP contribution >= 0.6 is 7.82 Å². The quantitative estimate of drug-likeness (QED) is 0.0197. The van der Waals surface area contributed by atoms with Crippen LogP contribution in [0.2, 0.25) is 0 Å². The Balaban J connectivity index is 4.87. The summed E-state index contributed by atoms with van der Waals surface area (Å²) in [5.74, 6) is -1.61. The lowest BCUT2D eigenvalue weighted by Crippen LogP contribution is -2.30. The Kier molecular flexibility index (Phi) is 58.4. The maximum absolute atomic E-state index is 13.0. The van der Waals surface area contributed by atoms with Crippen LogP contribution in [0.3, 0.4) is 0 Å². The van der Waals surface area contributed by atoms with Gasteiger partial charge in [-0.3, -0.25) is 23.4 Å². The number of unbranched alkanes of at least 4 members (excludes halogenated alkanes) is 13. The van der Waals surface area contributed by atoms with Gasteiger partial charge >= 0.3 is 25.7 Å². The van der Waals surface area contributed by atoms with Gasteiger partial charge in [0.1, 0.15) is 12.7 Å². The van der Waals surface area contributed by atoms with E-state index in [2.05, 4.69) is 167 Å². The molecule has 0 aliphatic heterocycles. The van der Waals surface area contributed by atoms with Crippen LogP contribution in [0.15, 0.2) is 158 Å². The molecule has 0 fully saturated rings. The molecular weight excluding hydrogens is 1050 g/mol. The summed E-state index contributed by atoms with van der Waals surface area (Å²) >= 11 is 0. The maximum atomic E-state index is 13.0. The highest BCUT2D eigenvalue weighted by atomic mass is 31.2. The smallest absolute Gasteiger partial charge is 0.462 e. The number of aliphatic hydroxyl groups excluding tert-OH is 1. The highest BCUT2D eigenvalue weighted by molar-refractivity contribution is 7.47. The first-order valence-electron chi connectivity index (χ1n) is 31.4. The second kappa shape index (κ2) is 62.2. The minimum Gasteiger partial charge on any atom is -0.462 e. The third-order valence-electron chi connectivity index (χ3n) is 12.4. The predicted octanol–water partition coefficient (Wildman–Crippen LogP) is 19.3. The Hall–Kier alpha value is -4.90. The molecule has 0 rings (SSSR count). The van der Waals surface area contributed by atoms with Crippen LogP contribution in [-0.2, 0) is 42.2 Å². The molecular formula is C70H111O11P. The van der Waals surface area contributed by atoms with Gasteiger partial charge in [-0.2, -0.15) is 0 Å². The molecule has 0 bridgehead atoms. The van der Waals surface area contributed by atoms with E-state index in [-0.39, 0.29) is 19.3 Å². The van der Waals surface area contributed by atoms with Crippen molar-refractivity contribution in [2.24, 2.45) is 0 Å². The van der Waals surface area contributed by atoms with Crippen molar-refractivity contribution in [1.29, 1.82) is 0 Å². The first kappa shape index (κ1) is 77.1. The number of hydrogen-bond acceptors (Lipinski definition) is 10. The highest BCUT2D eigenvalue weighted by Crippen LogP contribution is 2.43. The van der Waals surface area contributed by atoms with E-state index in [4.69, 9.17) is 23.3 Å². The lowest BCUT2D eigenvalue weighted by molar-refractivity contribution is -0.161. The zero-order chi connectivity index (χ0) is 59.8. The van der Waals surface area contributed by atoms with E-state index < -0.39 is 64.4 Å². The van der Waals surface area contributed by atoms with Crippen LogP contribution in [0.25, 0.3) is 0 Å². The van der Waals surface area contributed by atoms with Crippen molar-refractivity contribution in [3.63, 3.8) is 0 Å². The number of esters is 3. The second-order valence-electron chi connectivity index (χ2n) is 20.1. The molecule has 0 aliphatic rings. The number of carbonyl (C=O) groups excluding carboxylic acids is 3. The fourth-order valence-corrected chi connectivity index (χ4v) is 8.58. The molecule has 0 aromatic carbocycles. The largest absolute Gasteiger partial charge is 0.472 e. The Bertz CT molecular complexity index is 1980. The van der Waals surface area contributed by atoms with Gasteiger partial charge in [0.15, 0.2) is 6.10 Å². The van der Waals surface area contributed by atoms with Gasteiger partial charge < -0.3 is 24.2 Å². The van der Waals surface area contributed by atoms with E-state index in [0.717, 1.165) is 161 Å². The van der Waals surface area contributed by atoms with E-state index >= 15 is 0 Å². The number of aliphatic hydroxyl groups is 1. The third kappa shape index (κ3) is 59.7.